The van der Waals surface area contributed by atoms with Gasteiger partial charge in [-0.15, -0.1) is 11.3 Å². The molecule has 0 fully saturated rings. The lowest BCUT2D eigenvalue weighted by Gasteiger charge is -2.24. The van der Waals surface area contributed by atoms with Crippen LogP contribution in [0.1, 0.15) is 22.9 Å². The highest BCUT2D eigenvalue weighted by Gasteiger charge is 2.31. The average molecular weight is 383 g/mol. The largest absolute Gasteiger partial charge is 0.454 e. The van der Waals surface area contributed by atoms with Crippen molar-refractivity contribution in [1.82, 2.24) is 0 Å². The van der Waals surface area contributed by atoms with Gasteiger partial charge in [0.1, 0.15) is 0 Å². The predicted octanol–water partition coefficient (Wildman–Crippen LogP) is 5.49. The third-order valence-corrected chi connectivity index (χ3v) is 5.76. The Morgan fingerprint density at radius 2 is 1.88 bits per heavy atom. The number of benzene rings is 2. The summed E-state index contributed by atoms with van der Waals surface area (Å²) in [5.41, 5.74) is 3.26. The van der Waals surface area contributed by atoms with Crippen LogP contribution in [-0.4, -0.2) is 12.5 Å². The Balaban J connectivity index is 1.55. The van der Waals surface area contributed by atoms with E-state index in [4.69, 9.17) is 26.2 Å². The zero-order valence-corrected chi connectivity index (χ0v) is 15.3. The summed E-state index contributed by atoms with van der Waals surface area (Å²) in [6.07, 6.45) is 0.836. The van der Waals surface area contributed by atoms with Gasteiger partial charge in [0.25, 0.3) is 0 Å². The quantitative estimate of drug-likeness (QED) is 0.601. The van der Waals surface area contributed by atoms with Crippen LogP contribution in [0, 0.1) is 0 Å². The van der Waals surface area contributed by atoms with Gasteiger partial charge in [0, 0.05) is 11.4 Å². The molecule has 2 aromatic carbocycles. The van der Waals surface area contributed by atoms with Crippen LogP contribution in [0.15, 0.2) is 65.1 Å². The molecule has 1 aromatic heterocycles. The molecule has 0 radical (unpaired) electrons. The molecule has 26 heavy (non-hydrogen) atoms. The van der Waals surface area contributed by atoms with E-state index in [9.17, 15) is 0 Å². The standard InChI is InChI=1S/C20H15ClN2O2S/c21-14-4-6-15(7-5-14)23-17(11-16(22-23)20-2-1-9-26-20)13-3-8-18-19(10-13)25-12-24-18/h1-10,17H,11-12H2. The van der Waals surface area contributed by atoms with Crippen molar-refractivity contribution in [2.45, 2.75) is 12.5 Å². The Morgan fingerprint density at radius 3 is 2.69 bits per heavy atom. The lowest BCUT2D eigenvalue weighted by atomic mass is 10.0. The monoisotopic (exact) mass is 382 g/mol. The van der Waals surface area contributed by atoms with Gasteiger partial charge in [-0.3, -0.25) is 5.01 Å². The number of halogens is 1. The summed E-state index contributed by atoms with van der Waals surface area (Å²) in [6, 6.07) is 18.2. The van der Waals surface area contributed by atoms with E-state index in [1.54, 1.807) is 11.3 Å². The number of thiophene rings is 1. The molecule has 0 saturated carbocycles. The fraction of sp³-hybridized carbons (Fsp3) is 0.150. The summed E-state index contributed by atoms with van der Waals surface area (Å²) in [4.78, 5) is 1.20. The van der Waals surface area contributed by atoms with Crippen LogP contribution in [0.2, 0.25) is 5.02 Å². The molecular weight excluding hydrogens is 368 g/mol. The van der Waals surface area contributed by atoms with Gasteiger partial charge in [0.15, 0.2) is 11.5 Å². The number of rotatable bonds is 3. The Morgan fingerprint density at radius 1 is 1.04 bits per heavy atom. The Kier molecular flexibility index (Phi) is 3.84. The van der Waals surface area contributed by atoms with Crippen LogP contribution in [0.4, 0.5) is 5.69 Å². The molecule has 0 aliphatic carbocycles. The van der Waals surface area contributed by atoms with E-state index in [2.05, 4.69) is 34.7 Å². The Hall–Kier alpha value is -2.50. The number of hydrogen-bond donors (Lipinski definition) is 0. The van der Waals surface area contributed by atoms with E-state index in [-0.39, 0.29) is 12.8 Å². The van der Waals surface area contributed by atoms with E-state index in [0.717, 1.165) is 39.9 Å². The molecule has 0 bridgehead atoms. The maximum Gasteiger partial charge on any atom is 0.231 e. The minimum absolute atomic E-state index is 0.0998. The fourth-order valence-corrected chi connectivity index (χ4v) is 4.16. The topological polar surface area (TPSA) is 34.1 Å². The lowest BCUT2D eigenvalue weighted by Crippen LogP contribution is -2.18. The normalized spacial score (nSPS) is 18.3. The van der Waals surface area contributed by atoms with Crippen LogP contribution >= 0.6 is 22.9 Å². The van der Waals surface area contributed by atoms with Crippen molar-refractivity contribution in [3.8, 4) is 11.5 Å². The summed E-state index contributed by atoms with van der Waals surface area (Å²) in [6.45, 7) is 0.279. The number of hydrazone groups is 1. The van der Waals surface area contributed by atoms with Crippen molar-refractivity contribution in [2.24, 2.45) is 5.10 Å². The second-order valence-corrected chi connectivity index (χ2v) is 7.56. The van der Waals surface area contributed by atoms with Crippen molar-refractivity contribution >= 4 is 34.3 Å². The second kappa shape index (κ2) is 6.34. The molecule has 2 aliphatic rings. The molecule has 5 rings (SSSR count). The van der Waals surface area contributed by atoms with E-state index in [1.807, 2.05) is 30.3 Å². The highest BCUT2D eigenvalue weighted by molar-refractivity contribution is 7.12. The molecule has 2 aliphatic heterocycles. The minimum atomic E-state index is 0.0998. The van der Waals surface area contributed by atoms with Crippen LogP contribution in [-0.2, 0) is 0 Å². The van der Waals surface area contributed by atoms with Crippen molar-refractivity contribution < 1.29 is 9.47 Å². The number of ether oxygens (including phenoxy) is 2. The first-order chi connectivity index (χ1) is 12.8. The molecule has 0 N–H and O–H groups in total. The molecule has 0 spiro atoms. The van der Waals surface area contributed by atoms with Gasteiger partial charge in [-0.1, -0.05) is 23.7 Å². The predicted molar refractivity (Wildman–Crippen MR) is 105 cm³/mol. The number of hydrogen-bond acceptors (Lipinski definition) is 5. The number of nitrogens with zero attached hydrogens (tertiary/aromatic N) is 2. The second-order valence-electron chi connectivity index (χ2n) is 6.18. The van der Waals surface area contributed by atoms with Gasteiger partial charge >= 0.3 is 0 Å². The number of anilines is 1. The molecule has 3 heterocycles. The molecule has 1 unspecified atom stereocenters. The first-order valence-electron chi connectivity index (χ1n) is 8.34. The van der Waals surface area contributed by atoms with Crippen LogP contribution in [0.25, 0.3) is 0 Å². The van der Waals surface area contributed by atoms with Gasteiger partial charge in [-0.2, -0.15) is 5.10 Å². The highest BCUT2D eigenvalue weighted by Crippen LogP contribution is 2.41. The molecular formula is C20H15ClN2O2S. The maximum absolute atomic E-state index is 6.06. The van der Waals surface area contributed by atoms with Crippen molar-refractivity contribution in [1.29, 1.82) is 0 Å². The maximum atomic E-state index is 6.06. The summed E-state index contributed by atoms with van der Waals surface area (Å²) >= 11 is 7.78. The van der Waals surface area contributed by atoms with E-state index < -0.39 is 0 Å². The van der Waals surface area contributed by atoms with Gasteiger partial charge in [-0.05, 0) is 53.4 Å². The van der Waals surface area contributed by atoms with Crippen molar-refractivity contribution in [3.63, 3.8) is 0 Å². The Labute approximate surface area is 160 Å². The van der Waals surface area contributed by atoms with Crippen LogP contribution in [0.3, 0.4) is 0 Å². The van der Waals surface area contributed by atoms with E-state index in [0.29, 0.717) is 0 Å². The van der Waals surface area contributed by atoms with Crippen LogP contribution in [0.5, 0.6) is 11.5 Å². The van der Waals surface area contributed by atoms with Crippen LogP contribution < -0.4 is 14.5 Å². The van der Waals surface area contributed by atoms with Gasteiger partial charge in [0.2, 0.25) is 6.79 Å². The summed E-state index contributed by atoms with van der Waals surface area (Å²) < 4.78 is 11.0. The van der Waals surface area contributed by atoms with Crippen molar-refractivity contribution in [3.05, 3.63) is 75.4 Å². The molecule has 1 atom stereocenters. The van der Waals surface area contributed by atoms with Gasteiger partial charge < -0.3 is 9.47 Å². The highest BCUT2D eigenvalue weighted by atomic mass is 35.5. The molecule has 4 nitrogen and oxygen atoms in total. The molecule has 0 amide bonds. The van der Waals surface area contributed by atoms with E-state index >= 15 is 0 Å². The zero-order valence-electron chi connectivity index (χ0n) is 13.8. The third-order valence-electron chi connectivity index (χ3n) is 4.59. The molecule has 0 saturated heterocycles. The summed E-state index contributed by atoms with van der Waals surface area (Å²) in [7, 11) is 0. The smallest absolute Gasteiger partial charge is 0.231 e. The van der Waals surface area contributed by atoms with Crippen molar-refractivity contribution in [2.75, 3.05) is 11.8 Å². The SMILES string of the molecule is Clc1ccc(N2N=C(c3cccs3)CC2c2ccc3c(c2)OCO3)cc1. The lowest BCUT2D eigenvalue weighted by molar-refractivity contribution is 0.174. The molecule has 6 heteroatoms. The van der Waals surface area contributed by atoms with E-state index in [1.165, 1.54) is 4.88 Å². The first-order valence-corrected chi connectivity index (χ1v) is 9.59. The average Bonchev–Trinajstić information content (AvgIpc) is 3.40. The zero-order chi connectivity index (χ0) is 17.5. The Bertz CT molecular complexity index is 970. The minimum Gasteiger partial charge on any atom is -0.454 e. The summed E-state index contributed by atoms with van der Waals surface area (Å²) in [5.74, 6) is 1.59. The first kappa shape index (κ1) is 15.7. The number of fused-ring (bicyclic) bond motifs is 1. The van der Waals surface area contributed by atoms with Gasteiger partial charge in [-0.25, -0.2) is 0 Å². The molecule has 130 valence electrons. The molecule has 3 aromatic rings. The summed E-state index contributed by atoms with van der Waals surface area (Å²) in [5, 5.41) is 9.80. The van der Waals surface area contributed by atoms with Gasteiger partial charge in [0.05, 0.1) is 22.3 Å². The fourth-order valence-electron chi connectivity index (χ4n) is 3.31. The third kappa shape index (κ3) is 2.73.